The molecule has 0 spiro atoms. The summed E-state index contributed by atoms with van der Waals surface area (Å²) in [5, 5.41) is 0. The van der Waals surface area contributed by atoms with Crippen LogP contribution < -0.4 is 4.90 Å². The summed E-state index contributed by atoms with van der Waals surface area (Å²) < 4.78 is 15.9. The lowest BCUT2D eigenvalue weighted by atomic mass is 10.0. The lowest BCUT2D eigenvalue weighted by Gasteiger charge is -2.28. The standard InChI is InChI=1S/C12H16N2O4/c1-2-16-11(15)10-4-13-12(18-10)14-5-8-3-9(6-14)17-7-8/h4,8-9H,2-3,5-7H2,1H3. The quantitative estimate of drug-likeness (QED) is 0.750. The van der Waals surface area contributed by atoms with E-state index in [1.807, 2.05) is 4.90 Å². The van der Waals surface area contributed by atoms with Crippen LogP contribution in [0.25, 0.3) is 0 Å². The molecule has 2 bridgehead atoms. The molecule has 0 radical (unpaired) electrons. The molecule has 0 aromatic carbocycles. The van der Waals surface area contributed by atoms with E-state index in [0.29, 0.717) is 18.5 Å². The fraction of sp³-hybridized carbons (Fsp3) is 0.667. The molecule has 2 aliphatic rings. The number of fused-ring (bicyclic) bond motifs is 2. The van der Waals surface area contributed by atoms with Gasteiger partial charge in [0.25, 0.3) is 6.01 Å². The summed E-state index contributed by atoms with van der Waals surface area (Å²) in [6.07, 6.45) is 2.80. The van der Waals surface area contributed by atoms with Crippen molar-refractivity contribution in [3.8, 4) is 0 Å². The van der Waals surface area contributed by atoms with Crippen molar-refractivity contribution in [2.45, 2.75) is 19.4 Å². The second-order valence-corrected chi connectivity index (χ2v) is 4.69. The molecule has 18 heavy (non-hydrogen) atoms. The van der Waals surface area contributed by atoms with Gasteiger partial charge in [0, 0.05) is 19.0 Å². The smallest absolute Gasteiger partial charge is 0.376 e. The first-order valence-corrected chi connectivity index (χ1v) is 6.25. The summed E-state index contributed by atoms with van der Waals surface area (Å²) in [4.78, 5) is 17.7. The number of piperidine rings is 1. The zero-order valence-corrected chi connectivity index (χ0v) is 10.3. The second kappa shape index (κ2) is 4.61. The largest absolute Gasteiger partial charge is 0.460 e. The number of rotatable bonds is 3. The van der Waals surface area contributed by atoms with Gasteiger partial charge in [-0.2, -0.15) is 0 Å². The highest BCUT2D eigenvalue weighted by Crippen LogP contribution is 2.29. The van der Waals surface area contributed by atoms with Crippen molar-refractivity contribution in [1.29, 1.82) is 0 Å². The van der Waals surface area contributed by atoms with E-state index >= 15 is 0 Å². The van der Waals surface area contributed by atoms with Crippen LogP contribution in [0.15, 0.2) is 10.6 Å². The molecule has 6 nitrogen and oxygen atoms in total. The SMILES string of the molecule is CCOC(=O)c1cnc(N2CC3COC(C3)C2)o1. The normalized spacial score (nSPS) is 26.4. The molecule has 1 aromatic rings. The van der Waals surface area contributed by atoms with Crippen molar-refractivity contribution >= 4 is 12.0 Å². The Kier molecular flexibility index (Phi) is 2.95. The van der Waals surface area contributed by atoms with Crippen LogP contribution in [0.4, 0.5) is 6.01 Å². The Bertz CT molecular complexity index is 433. The van der Waals surface area contributed by atoms with Crippen molar-refractivity contribution in [3.63, 3.8) is 0 Å². The van der Waals surface area contributed by atoms with Crippen LogP contribution in [0.3, 0.4) is 0 Å². The molecule has 2 fully saturated rings. The van der Waals surface area contributed by atoms with Crippen LogP contribution in [-0.4, -0.2) is 43.4 Å². The zero-order chi connectivity index (χ0) is 12.5. The van der Waals surface area contributed by atoms with Crippen LogP contribution in [0, 0.1) is 5.92 Å². The van der Waals surface area contributed by atoms with E-state index in [1.165, 1.54) is 6.20 Å². The molecule has 2 unspecified atom stereocenters. The second-order valence-electron chi connectivity index (χ2n) is 4.69. The average Bonchev–Trinajstić information content (AvgIpc) is 2.97. The molecule has 0 N–H and O–H groups in total. The van der Waals surface area contributed by atoms with E-state index in [0.717, 1.165) is 26.1 Å². The third-order valence-corrected chi connectivity index (χ3v) is 3.31. The van der Waals surface area contributed by atoms with Crippen LogP contribution in [0.1, 0.15) is 23.9 Å². The van der Waals surface area contributed by atoms with Crippen LogP contribution in [0.5, 0.6) is 0 Å². The van der Waals surface area contributed by atoms with Crippen LogP contribution in [0.2, 0.25) is 0 Å². The molecule has 3 rings (SSSR count). The fourth-order valence-electron chi connectivity index (χ4n) is 2.53. The van der Waals surface area contributed by atoms with E-state index in [4.69, 9.17) is 13.9 Å². The van der Waals surface area contributed by atoms with Crippen LogP contribution in [-0.2, 0) is 9.47 Å². The molecule has 2 atom stereocenters. The molecule has 1 aromatic heterocycles. The van der Waals surface area contributed by atoms with Gasteiger partial charge in [0.1, 0.15) is 0 Å². The number of oxazole rings is 1. The summed E-state index contributed by atoms with van der Waals surface area (Å²) in [5.41, 5.74) is 0. The maximum atomic E-state index is 11.5. The van der Waals surface area contributed by atoms with E-state index < -0.39 is 5.97 Å². The van der Waals surface area contributed by atoms with Gasteiger partial charge in [-0.1, -0.05) is 0 Å². The summed E-state index contributed by atoms with van der Waals surface area (Å²) in [6, 6.07) is 0.484. The van der Waals surface area contributed by atoms with E-state index in [9.17, 15) is 4.79 Å². The Morgan fingerprint density at radius 3 is 3.28 bits per heavy atom. The fourth-order valence-corrected chi connectivity index (χ4v) is 2.53. The van der Waals surface area contributed by atoms with Gasteiger partial charge in [0.05, 0.1) is 25.5 Å². The summed E-state index contributed by atoms with van der Waals surface area (Å²) in [7, 11) is 0. The minimum atomic E-state index is -0.465. The number of nitrogens with zero attached hydrogens (tertiary/aromatic N) is 2. The lowest BCUT2D eigenvalue weighted by molar-refractivity contribution is 0.0490. The number of esters is 1. The molecule has 98 valence electrons. The predicted octanol–water partition coefficient (Wildman–Crippen LogP) is 1.08. The number of carbonyl (C=O) groups is 1. The maximum absolute atomic E-state index is 11.5. The third kappa shape index (κ3) is 2.08. The van der Waals surface area contributed by atoms with E-state index in [2.05, 4.69) is 4.98 Å². The zero-order valence-electron chi connectivity index (χ0n) is 10.3. The molecule has 2 aliphatic heterocycles. The highest BCUT2D eigenvalue weighted by Gasteiger charge is 2.35. The number of hydrogen-bond acceptors (Lipinski definition) is 6. The highest BCUT2D eigenvalue weighted by atomic mass is 16.5. The highest BCUT2D eigenvalue weighted by molar-refractivity contribution is 5.86. The molecular formula is C12H16N2O4. The van der Waals surface area contributed by atoms with Gasteiger partial charge in [0.2, 0.25) is 5.76 Å². The number of hydrogen-bond donors (Lipinski definition) is 0. The van der Waals surface area contributed by atoms with Gasteiger partial charge in [0.15, 0.2) is 0 Å². The van der Waals surface area contributed by atoms with Crippen molar-refractivity contribution in [2.24, 2.45) is 5.92 Å². The minimum Gasteiger partial charge on any atom is -0.460 e. The Morgan fingerprint density at radius 2 is 2.50 bits per heavy atom. The topological polar surface area (TPSA) is 64.8 Å². The minimum absolute atomic E-state index is 0.158. The first-order chi connectivity index (χ1) is 8.76. The van der Waals surface area contributed by atoms with Gasteiger partial charge < -0.3 is 18.8 Å². The molecule has 0 amide bonds. The first-order valence-electron chi connectivity index (χ1n) is 6.25. The molecule has 0 saturated carbocycles. The monoisotopic (exact) mass is 252 g/mol. The Hall–Kier alpha value is -1.56. The number of aromatic nitrogens is 1. The molecule has 0 aliphatic carbocycles. The molecule has 3 heterocycles. The van der Waals surface area contributed by atoms with Crippen molar-refractivity contribution in [2.75, 3.05) is 31.2 Å². The van der Waals surface area contributed by atoms with E-state index in [-0.39, 0.29) is 11.9 Å². The van der Waals surface area contributed by atoms with Gasteiger partial charge in [-0.25, -0.2) is 9.78 Å². The van der Waals surface area contributed by atoms with Gasteiger partial charge >= 0.3 is 5.97 Å². The number of ether oxygens (including phenoxy) is 2. The predicted molar refractivity (Wildman–Crippen MR) is 62.5 cm³/mol. The van der Waals surface area contributed by atoms with E-state index in [1.54, 1.807) is 6.92 Å². The van der Waals surface area contributed by atoms with Crippen molar-refractivity contribution in [1.82, 2.24) is 4.98 Å². The lowest BCUT2D eigenvalue weighted by Crippen LogP contribution is -2.39. The van der Waals surface area contributed by atoms with Crippen molar-refractivity contribution < 1.29 is 18.7 Å². The maximum Gasteiger partial charge on any atom is 0.376 e. The molecule has 2 saturated heterocycles. The number of carbonyl (C=O) groups excluding carboxylic acids is 1. The summed E-state index contributed by atoms with van der Waals surface area (Å²) in [5.74, 6) is 0.236. The Balaban J connectivity index is 1.71. The first kappa shape index (κ1) is 11.5. The molecule has 6 heteroatoms. The van der Waals surface area contributed by atoms with Gasteiger partial charge in [-0.3, -0.25) is 0 Å². The summed E-state index contributed by atoms with van der Waals surface area (Å²) >= 11 is 0. The van der Waals surface area contributed by atoms with Crippen molar-refractivity contribution in [3.05, 3.63) is 12.0 Å². The third-order valence-electron chi connectivity index (χ3n) is 3.31. The molecular weight excluding hydrogens is 236 g/mol. The number of anilines is 1. The summed E-state index contributed by atoms with van der Waals surface area (Å²) in [6.45, 7) is 4.55. The Labute approximate surface area is 105 Å². The Morgan fingerprint density at radius 1 is 1.61 bits per heavy atom. The average molecular weight is 252 g/mol. The van der Waals surface area contributed by atoms with Gasteiger partial charge in [-0.05, 0) is 13.3 Å². The van der Waals surface area contributed by atoms with Gasteiger partial charge in [-0.15, -0.1) is 0 Å². The van der Waals surface area contributed by atoms with Crippen LogP contribution >= 0.6 is 0 Å².